The van der Waals surface area contributed by atoms with Gasteiger partial charge >= 0.3 is 0 Å². The predicted molar refractivity (Wildman–Crippen MR) is 61.6 cm³/mol. The highest BCUT2D eigenvalue weighted by atomic mass is 16.5. The van der Waals surface area contributed by atoms with Gasteiger partial charge in [0.15, 0.2) is 5.82 Å². The van der Waals surface area contributed by atoms with Crippen LogP contribution in [0.3, 0.4) is 0 Å². The highest BCUT2D eigenvalue weighted by Gasteiger charge is 2.27. The second-order valence-corrected chi connectivity index (χ2v) is 4.14. The monoisotopic (exact) mass is 232 g/mol. The molecule has 0 bridgehead atoms. The first-order valence-corrected chi connectivity index (χ1v) is 5.43. The van der Waals surface area contributed by atoms with Crippen molar-refractivity contribution in [1.82, 2.24) is 9.72 Å². The quantitative estimate of drug-likeness (QED) is 0.842. The Kier molecular flexibility index (Phi) is 2.14. The van der Waals surface area contributed by atoms with E-state index in [0.717, 1.165) is 12.8 Å². The molecule has 2 aromatic rings. The summed E-state index contributed by atoms with van der Waals surface area (Å²) in [5.74, 6) is 0.180. The molecule has 1 amide bonds. The van der Waals surface area contributed by atoms with Gasteiger partial charge in [0, 0.05) is 18.3 Å². The highest BCUT2D eigenvalue weighted by molar-refractivity contribution is 6.03. The van der Waals surface area contributed by atoms with Crippen molar-refractivity contribution >= 4 is 17.4 Å². The lowest BCUT2D eigenvalue weighted by Gasteiger charge is -2.06. The first-order chi connectivity index (χ1) is 8.24. The van der Waals surface area contributed by atoms with Gasteiger partial charge in [-0.2, -0.15) is 0 Å². The summed E-state index contributed by atoms with van der Waals surface area (Å²) in [5.41, 5.74) is 6.88. The molecule has 0 unspecified atom stereocenters. The number of anilines is 2. The zero-order chi connectivity index (χ0) is 11.8. The molecule has 0 atom stereocenters. The van der Waals surface area contributed by atoms with Crippen molar-refractivity contribution in [3.63, 3.8) is 0 Å². The fraction of sp³-hybridized carbons (Fsp3) is 0.273. The molecule has 88 valence electrons. The number of aromatic nitrogens is 2. The molecule has 0 spiro atoms. The first-order valence-electron chi connectivity index (χ1n) is 5.43. The Morgan fingerprint density at radius 2 is 2.41 bits per heavy atom. The minimum Gasteiger partial charge on any atom is -0.397 e. The van der Waals surface area contributed by atoms with Gasteiger partial charge in [0.05, 0.1) is 5.69 Å². The van der Waals surface area contributed by atoms with Gasteiger partial charge in [-0.3, -0.25) is 4.79 Å². The Hall–Kier alpha value is -2.24. The zero-order valence-electron chi connectivity index (χ0n) is 9.09. The second kappa shape index (κ2) is 3.65. The van der Waals surface area contributed by atoms with E-state index < -0.39 is 0 Å². The van der Waals surface area contributed by atoms with Gasteiger partial charge in [0.2, 0.25) is 0 Å². The van der Waals surface area contributed by atoms with Crippen molar-refractivity contribution in [2.24, 2.45) is 0 Å². The van der Waals surface area contributed by atoms with E-state index in [-0.39, 0.29) is 5.91 Å². The fourth-order valence-corrected chi connectivity index (χ4v) is 1.79. The number of carbonyl (C=O) groups excluding carboxylic acids is 1. The standard InChI is InChI=1S/C11H12N4O2/c12-7-5-9(15(6-7)8-1-2-8)11(16)13-10-3-4-17-14-10/h3-6,8H,1-2,12H2,(H,13,14,16). The molecule has 0 aliphatic heterocycles. The van der Waals surface area contributed by atoms with Gasteiger partial charge in [-0.1, -0.05) is 5.16 Å². The van der Waals surface area contributed by atoms with Crippen molar-refractivity contribution in [2.45, 2.75) is 18.9 Å². The van der Waals surface area contributed by atoms with E-state index in [4.69, 9.17) is 5.73 Å². The van der Waals surface area contributed by atoms with Crippen LogP contribution in [-0.4, -0.2) is 15.6 Å². The third kappa shape index (κ3) is 1.89. The zero-order valence-corrected chi connectivity index (χ0v) is 9.09. The normalized spacial score (nSPS) is 14.8. The first kappa shape index (κ1) is 9.95. The molecule has 17 heavy (non-hydrogen) atoms. The van der Waals surface area contributed by atoms with Gasteiger partial charge in [0.1, 0.15) is 12.0 Å². The Morgan fingerprint density at radius 3 is 3.06 bits per heavy atom. The summed E-state index contributed by atoms with van der Waals surface area (Å²) < 4.78 is 6.57. The number of hydrogen-bond donors (Lipinski definition) is 2. The van der Waals surface area contributed by atoms with Crippen LogP contribution < -0.4 is 11.1 Å². The van der Waals surface area contributed by atoms with E-state index in [0.29, 0.717) is 23.2 Å². The molecule has 3 N–H and O–H groups in total. The van der Waals surface area contributed by atoms with Gasteiger partial charge in [-0.15, -0.1) is 0 Å². The summed E-state index contributed by atoms with van der Waals surface area (Å²) in [5, 5.41) is 6.29. The van der Waals surface area contributed by atoms with Crippen molar-refractivity contribution < 1.29 is 9.32 Å². The maximum Gasteiger partial charge on any atom is 0.273 e. The number of hydrogen-bond acceptors (Lipinski definition) is 4. The van der Waals surface area contributed by atoms with E-state index in [1.165, 1.54) is 6.26 Å². The number of nitrogens with zero attached hydrogens (tertiary/aromatic N) is 2. The van der Waals surface area contributed by atoms with Gasteiger partial charge in [-0.25, -0.2) is 0 Å². The fourth-order valence-electron chi connectivity index (χ4n) is 1.79. The van der Waals surface area contributed by atoms with Crippen LogP contribution in [0.25, 0.3) is 0 Å². The Morgan fingerprint density at radius 1 is 1.59 bits per heavy atom. The predicted octanol–water partition coefficient (Wildman–Crippen LogP) is 1.65. The third-order valence-electron chi connectivity index (χ3n) is 2.72. The lowest BCUT2D eigenvalue weighted by Crippen LogP contribution is -2.16. The van der Waals surface area contributed by atoms with Crippen LogP contribution in [-0.2, 0) is 0 Å². The largest absolute Gasteiger partial charge is 0.397 e. The van der Waals surface area contributed by atoms with E-state index in [1.807, 2.05) is 4.57 Å². The number of carbonyl (C=O) groups is 1. The molecular formula is C11H12N4O2. The van der Waals surface area contributed by atoms with Gasteiger partial charge < -0.3 is 20.1 Å². The van der Waals surface area contributed by atoms with E-state index >= 15 is 0 Å². The Labute approximate surface area is 97.4 Å². The van der Waals surface area contributed by atoms with Crippen molar-refractivity contribution in [2.75, 3.05) is 11.1 Å². The van der Waals surface area contributed by atoms with Crippen LogP contribution in [0, 0.1) is 0 Å². The Balaban J connectivity index is 1.85. The molecule has 1 saturated carbocycles. The number of nitrogens with two attached hydrogens (primary N) is 1. The molecule has 1 aliphatic rings. The van der Waals surface area contributed by atoms with E-state index in [2.05, 4.69) is 15.0 Å². The molecule has 6 nitrogen and oxygen atoms in total. The summed E-state index contributed by atoms with van der Waals surface area (Å²) in [7, 11) is 0. The molecule has 1 fully saturated rings. The highest BCUT2D eigenvalue weighted by Crippen LogP contribution is 2.37. The molecule has 3 rings (SSSR count). The molecule has 1 aliphatic carbocycles. The average Bonchev–Trinajstić information content (AvgIpc) is 2.88. The summed E-state index contributed by atoms with van der Waals surface area (Å²) in [6, 6.07) is 3.67. The van der Waals surface area contributed by atoms with Crippen molar-refractivity contribution in [3.05, 3.63) is 30.3 Å². The van der Waals surface area contributed by atoms with Crippen LogP contribution in [0.15, 0.2) is 29.1 Å². The summed E-state index contributed by atoms with van der Waals surface area (Å²) in [6.07, 6.45) is 5.40. The average molecular weight is 232 g/mol. The third-order valence-corrected chi connectivity index (χ3v) is 2.72. The maximum atomic E-state index is 12.0. The molecule has 2 aromatic heterocycles. The van der Waals surface area contributed by atoms with Crippen LogP contribution in [0.4, 0.5) is 11.5 Å². The van der Waals surface area contributed by atoms with Crippen LogP contribution >= 0.6 is 0 Å². The van der Waals surface area contributed by atoms with Crippen LogP contribution in [0.1, 0.15) is 29.4 Å². The number of nitrogens with one attached hydrogen (secondary N) is 1. The lowest BCUT2D eigenvalue weighted by atomic mass is 10.3. The second-order valence-electron chi connectivity index (χ2n) is 4.14. The van der Waals surface area contributed by atoms with Crippen molar-refractivity contribution in [3.8, 4) is 0 Å². The maximum absolute atomic E-state index is 12.0. The topological polar surface area (TPSA) is 86.1 Å². The summed E-state index contributed by atoms with van der Waals surface area (Å²) >= 11 is 0. The molecular weight excluding hydrogens is 220 g/mol. The summed E-state index contributed by atoms with van der Waals surface area (Å²) in [6.45, 7) is 0. The minimum atomic E-state index is -0.220. The number of nitrogen functional groups attached to an aromatic ring is 1. The lowest BCUT2D eigenvalue weighted by molar-refractivity contribution is 0.101. The van der Waals surface area contributed by atoms with Crippen LogP contribution in [0.2, 0.25) is 0 Å². The summed E-state index contributed by atoms with van der Waals surface area (Å²) in [4.78, 5) is 12.0. The number of rotatable bonds is 3. The minimum absolute atomic E-state index is 0.220. The molecule has 6 heteroatoms. The van der Waals surface area contributed by atoms with Crippen molar-refractivity contribution in [1.29, 1.82) is 0 Å². The van der Waals surface area contributed by atoms with E-state index in [1.54, 1.807) is 18.3 Å². The van der Waals surface area contributed by atoms with Gasteiger partial charge in [0.25, 0.3) is 5.91 Å². The molecule has 0 radical (unpaired) electrons. The Bertz CT molecular complexity index is 540. The molecule has 0 saturated heterocycles. The van der Waals surface area contributed by atoms with Crippen LogP contribution in [0.5, 0.6) is 0 Å². The smallest absolute Gasteiger partial charge is 0.273 e. The molecule has 2 heterocycles. The van der Waals surface area contributed by atoms with Gasteiger partial charge in [-0.05, 0) is 18.9 Å². The molecule has 0 aromatic carbocycles. The number of amides is 1. The van der Waals surface area contributed by atoms with E-state index in [9.17, 15) is 4.79 Å². The SMILES string of the molecule is Nc1cc(C(=O)Nc2ccon2)n(C2CC2)c1.